The van der Waals surface area contributed by atoms with Crippen molar-refractivity contribution in [2.45, 2.75) is 27.3 Å². The van der Waals surface area contributed by atoms with Gasteiger partial charge in [0, 0.05) is 12.1 Å². The minimum Gasteiger partial charge on any atom is -0.493 e. The summed E-state index contributed by atoms with van der Waals surface area (Å²) >= 11 is 13.0. The van der Waals surface area contributed by atoms with Crippen molar-refractivity contribution in [3.8, 4) is 22.2 Å². The van der Waals surface area contributed by atoms with E-state index >= 15 is 0 Å². The second kappa shape index (κ2) is 10.3. The van der Waals surface area contributed by atoms with Crippen LogP contribution in [-0.2, 0) is 6.54 Å². The predicted octanol–water partition coefficient (Wildman–Crippen LogP) is 5.51. The third-order valence-corrected chi connectivity index (χ3v) is 6.00. The lowest BCUT2D eigenvalue weighted by atomic mass is 10.2. The molecule has 0 unspecified atom stereocenters. The number of hydrogen-bond donors (Lipinski definition) is 2. The molecule has 2 heterocycles. The zero-order valence-corrected chi connectivity index (χ0v) is 20.6. The Labute approximate surface area is 200 Å². The number of aromatic amines is 1. The number of methoxy groups -OCH3 is 1. The van der Waals surface area contributed by atoms with Crippen molar-refractivity contribution in [1.82, 2.24) is 19.7 Å². The van der Waals surface area contributed by atoms with Crippen LogP contribution >= 0.6 is 35.2 Å². The molecule has 0 atom stereocenters. The first-order chi connectivity index (χ1) is 15.2. The van der Waals surface area contributed by atoms with E-state index in [0.29, 0.717) is 56.9 Å². The van der Waals surface area contributed by atoms with E-state index < -0.39 is 0 Å². The van der Waals surface area contributed by atoms with Crippen molar-refractivity contribution in [2.75, 3.05) is 19.0 Å². The summed E-state index contributed by atoms with van der Waals surface area (Å²) in [4.78, 5) is 18.1. The van der Waals surface area contributed by atoms with E-state index in [2.05, 4.69) is 27.1 Å². The molecule has 32 heavy (non-hydrogen) atoms. The van der Waals surface area contributed by atoms with Gasteiger partial charge in [-0.15, -0.1) is 6.58 Å². The molecule has 0 fully saturated rings. The summed E-state index contributed by atoms with van der Waals surface area (Å²) in [6.45, 7) is 10.6. The van der Waals surface area contributed by atoms with Gasteiger partial charge in [0.15, 0.2) is 27.2 Å². The Morgan fingerprint density at radius 2 is 2.22 bits per heavy atom. The Hall–Kier alpha value is -2.69. The van der Waals surface area contributed by atoms with E-state index in [1.807, 2.05) is 25.3 Å². The number of thiazole rings is 1. The summed E-state index contributed by atoms with van der Waals surface area (Å²) in [5, 5.41) is 10.6. The summed E-state index contributed by atoms with van der Waals surface area (Å²) in [6.07, 6.45) is 1.74. The number of rotatable bonds is 9. The molecule has 2 aromatic heterocycles. The molecule has 170 valence electrons. The highest BCUT2D eigenvalue weighted by atomic mass is 35.5. The van der Waals surface area contributed by atoms with Gasteiger partial charge in [-0.2, -0.15) is 5.10 Å². The number of nitrogens with zero attached hydrogens (tertiary/aromatic N) is 3. The molecule has 0 spiro atoms. The fraction of sp³-hybridized carbons (Fsp3) is 0.333. The van der Waals surface area contributed by atoms with Gasteiger partial charge in [0.05, 0.1) is 29.3 Å². The zero-order chi connectivity index (χ0) is 23.4. The van der Waals surface area contributed by atoms with Crippen LogP contribution in [0.15, 0.2) is 24.8 Å². The molecular weight excluding hydrogens is 470 g/mol. The van der Waals surface area contributed by atoms with E-state index in [4.69, 9.17) is 33.3 Å². The molecule has 0 aliphatic rings. The fourth-order valence-electron chi connectivity index (χ4n) is 2.86. The molecule has 8 nitrogen and oxygen atoms in total. The third-order valence-electron chi connectivity index (χ3n) is 4.34. The van der Waals surface area contributed by atoms with E-state index in [0.717, 1.165) is 10.6 Å². The van der Waals surface area contributed by atoms with Crippen LogP contribution in [0.1, 0.15) is 29.9 Å². The Balaban J connectivity index is 1.85. The second-order valence-electron chi connectivity index (χ2n) is 7.33. The third kappa shape index (κ3) is 5.20. The van der Waals surface area contributed by atoms with Crippen LogP contribution in [0.2, 0.25) is 5.02 Å². The fourth-order valence-corrected chi connectivity index (χ4v) is 4.29. The number of hydrogen-bond acceptors (Lipinski definition) is 7. The van der Waals surface area contributed by atoms with Crippen LogP contribution in [0.5, 0.6) is 11.5 Å². The van der Waals surface area contributed by atoms with E-state index in [1.165, 1.54) is 18.4 Å². The maximum atomic E-state index is 12.9. The van der Waals surface area contributed by atoms with Crippen molar-refractivity contribution < 1.29 is 14.3 Å². The first kappa shape index (κ1) is 24.0. The quantitative estimate of drug-likeness (QED) is 0.301. The number of H-pyrrole nitrogens is 1. The topological polar surface area (TPSA) is 94.1 Å². The molecule has 3 rings (SSSR count). The van der Waals surface area contributed by atoms with Crippen molar-refractivity contribution in [3.63, 3.8) is 0 Å². The number of amides is 1. The smallest absolute Gasteiger partial charge is 0.257 e. The number of ether oxygens (including phenoxy) is 2. The van der Waals surface area contributed by atoms with Gasteiger partial charge < -0.3 is 9.47 Å². The van der Waals surface area contributed by atoms with E-state index in [9.17, 15) is 4.79 Å². The van der Waals surface area contributed by atoms with Crippen LogP contribution in [0.3, 0.4) is 0 Å². The molecule has 1 aromatic carbocycles. The van der Waals surface area contributed by atoms with Crippen molar-refractivity contribution >= 4 is 46.2 Å². The van der Waals surface area contributed by atoms with Crippen LogP contribution in [0, 0.1) is 17.6 Å². The number of carbonyl (C=O) groups excluding carboxylic acids is 1. The lowest BCUT2D eigenvalue weighted by molar-refractivity contribution is 0.102. The molecule has 3 aromatic rings. The van der Waals surface area contributed by atoms with E-state index in [1.54, 1.807) is 18.2 Å². The van der Waals surface area contributed by atoms with Crippen LogP contribution in [0.25, 0.3) is 10.7 Å². The van der Waals surface area contributed by atoms with Gasteiger partial charge in [-0.25, -0.2) is 4.98 Å². The lowest BCUT2D eigenvalue weighted by Crippen LogP contribution is -2.13. The number of halogens is 1. The molecule has 2 N–H and O–H groups in total. The number of aryl methyl sites for hydroxylation is 1. The van der Waals surface area contributed by atoms with Crippen molar-refractivity contribution in [2.24, 2.45) is 5.92 Å². The minimum atomic E-state index is -0.370. The van der Waals surface area contributed by atoms with E-state index in [-0.39, 0.29) is 5.91 Å². The number of anilines is 1. The standard InChI is InChI=1S/C21H24ClN5O3S2/c1-6-7-27-18(25-26-21(27)31)17-12(4)23-20(32-17)24-19(28)13-8-14(22)16(15(9-13)29-5)30-10-11(2)3/h6,8-9,11H,1,7,10H2,2-5H3,(H,26,31)(H,23,24,28). The second-order valence-corrected chi connectivity index (χ2v) is 9.13. The van der Waals surface area contributed by atoms with Crippen LogP contribution < -0.4 is 14.8 Å². The van der Waals surface area contributed by atoms with Gasteiger partial charge in [0.1, 0.15) is 0 Å². The van der Waals surface area contributed by atoms with Gasteiger partial charge in [-0.1, -0.05) is 42.9 Å². The first-order valence-electron chi connectivity index (χ1n) is 9.80. The highest BCUT2D eigenvalue weighted by molar-refractivity contribution is 7.71. The average Bonchev–Trinajstić information content (AvgIpc) is 3.28. The summed E-state index contributed by atoms with van der Waals surface area (Å²) in [6, 6.07) is 3.14. The molecule has 0 radical (unpaired) electrons. The Kier molecular flexibility index (Phi) is 7.70. The molecular formula is C21H24ClN5O3S2. The zero-order valence-electron chi connectivity index (χ0n) is 18.2. The van der Waals surface area contributed by atoms with Gasteiger partial charge in [0.2, 0.25) is 0 Å². The summed E-state index contributed by atoms with van der Waals surface area (Å²) in [5.41, 5.74) is 1.05. The summed E-state index contributed by atoms with van der Waals surface area (Å²) in [7, 11) is 1.50. The first-order valence-corrected chi connectivity index (χ1v) is 11.4. The number of nitrogens with one attached hydrogen (secondary N) is 2. The maximum absolute atomic E-state index is 12.9. The monoisotopic (exact) mass is 493 g/mol. The predicted molar refractivity (Wildman–Crippen MR) is 130 cm³/mol. The molecule has 0 aliphatic carbocycles. The van der Waals surface area contributed by atoms with Gasteiger partial charge >= 0.3 is 0 Å². The molecule has 11 heteroatoms. The largest absolute Gasteiger partial charge is 0.493 e. The summed E-state index contributed by atoms with van der Waals surface area (Å²) in [5.74, 6) is 1.39. The van der Waals surface area contributed by atoms with Gasteiger partial charge in [-0.3, -0.25) is 19.8 Å². The van der Waals surface area contributed by atoms with Crippen LogP contribution in [-0.4, -0.2) is 39.4 Å². The van der Waals surface area contributed by atoms with Crippen molar-refractivity contribution in [3.05, 3.63) is 45.8 Å². The Bertz CT molecular complexity index is 1200. The van der Waals surface area contributed by atoms with Gasteiger partial charge in [0.25, 0.3) is 5.91 Å². The Morgan fingerprint density at radius 3 is 2.88 bits per heavy atom. The maximum Gasteiger partial charge on any atom is 0.257 e. The normalized spacial score (nSPS) is 10.9. The van der Waals surface area contributed by atoms with Crippen LogP contribution in [0.4, 0.5) is 5.13 Å². The number of benzene rings is 1. The highest BCUT2D eigenvalue weighted by Gasteiger charge is 2.20. The van der Waals surface area contributed by atoms with Gasteiger partial charge in [-0.05, 0) is 37.2 Å². The highest BCUT2D eigenvalue weighted by Crippen LogP contribution is 2.37. The number of allylic oxidation sites excluding steroid dienone is 1. The molecule has 0 saturated carbocycles. The number of carbonyl (C=O) groups is 1. The lowest BCUT2D eigenvalue weighted by Gasteiger charge is -2.15. The average molecular weight is 494 g/mol. The SMILES string of the molecule is C=CCn1c(-c2sc(NC(=O)c3cc(Cl)c(OCC(C)C)c(OC)c3)nc2C)n[nH]c1=S. The number of aromatic nitrogens is 4. The molecule has 0 aliphatic heterocycles. The molecule has 1 amide bonds. The minimum absolute atomic E-state index is 0.297. The molecule has 0 saturated heterocycles. The summed E-state index contributed by atoms with van der Waals surface area (Å²) < 4.78 is 13.4. The Morgan fingerprint density at radius 1 is 1.47 bits per heavy atom. The molecule has 0 bridgehead atoms. The van der Waals surface area contributed by atoms with Crippen molar-refractivity contribution in [1.29, 1.82) is 0 Å².